The van der Waals surface area contributed by atoms with Crippen molar-refractivity contribution in [1.29, 1.82) is 0 Å². The maximum absolute atomic E-state index is 11.4. The molecule has 2 aromatic rings. The Morgan fingerprint density at radius 1 is 0.796 bits per heavy atom. The number of aliphatic hydroxyl groups excluding tert-OH is 2. The van der Waals surface area contributed by atoms with Gasteiger partial charge in [0.1, 0.15) is 36.1 Å². The number of hydrogen-bond acceptors (Lipinski definition) is 18. The number of ether oxygens (including phenoxy) is 6. The predicted molar refractivity (Wildman–Crippen MR) is 169 cm³/mol. The molecule has 2 aromatic heterocycles. The van der Waals surface area contributed by atoms with E-state index < -0.39 is 51.5 Å². The van der Waals surface area contributed by atoms with Crippen LogP contribution in [0.25, 0.3) is 0 Å². The Labute approximate surface area is 285 Å². The summed E-state index contributed by atoms with van der Waals surface area (Å²) in [4.78, 5) is 36.0. The highest BCUT2D eigenvalue weighted by atomic mass is 35.5. The molecule has 0 bridgehead atoms. The maximum Gasteiger partial charge on any atom is 0.372 e. The standard InChI is InChI=1S/C14H20N4O6.C8H15NO3.C6H6ClN3O3/c1-6-15-12(9(18(20)21)13(16-6)22-4)17-7-5-8(19)11-10(7)23-14(2,3)24-11;1-8(2)11-6-4(9)3-5(10)7(6)12-8;1-3-8-5(7)4(10(11)12)6(9-3)13-2/h7-8,10-11,19H,5H2,1-4H3,(H,15,16,17);4-7,10H,3,9H2,1-2H3;1-2H3/t7-,8+,10+,11-;4-,5+,6+,7-;/m11./s1. The van der Waals surface area contributed by atoms with Crippen LogP contribution in [0.3, 0.4) is 0 Å². The van der Waals surface area contributed by atoms with E-state index in [0.29, 0.717) is 24.5 Å². The van der Waals surface area contributed by atoms with E-state index in [1.807, 2.05) is 13.8 Å². The molecule has 2 aliphatic heterocycles. The van der Waals surface area contributed by atoms with Crippen molar-refractivity contribution in [3.8, 4) is 11.8 Å². The number of aryl methyl sites for hydroxylation is 2. The van der Waals surface area contributed by atoms with Crippen LogP contribution in [0.5, 0.6) is 11.8 Å². The number of aromatic nitrogens is 4. The first kappa shape index (κ1) is 38.2. The highest BCUT2D eigenvalue weighted by Gasteiger charge is 2.54. The fourth-order valence-electron chi connectivity index (χ4n) is 6.02. The van der Waals surface area contributed by atoms with Crippen LogP contribution in [0.1, 0.15) is 52.2 Å². The first-order valence-electron chi connectivity index (χ1n) is 15.2. The van der Waals surface area contributed by atoms with Crippen molar-refractivity contribution in [1.82, 2.24) is 19.9 Å². The molecule has 21 heteroatoms. The van der Waals surface area contributed by atoms with Crippen molar-refractivity contribution >= 4 is 28.8 Å². The lowest BCUT2D eigenvalue weighted by atomic mass is 10.2. The molecule has 0 amide bonds. The summed E-state index contributed by atoms with van der Waals surface area (Å²) >= 11 is 5.54. The number of halogens is 1. The summed E-state index contributed by atoms with van der Waals surface area (Å²) in [6.07, 6.45) is -1.56. The average Bonchev–Trinajstić information content (AvgIpc) is 3.66. The number of methoxy groups -OCH3 is 2. The highest BCUT2D eigenvalue weighted by molar-refractivity contribution is 6.31. The van der Waals surface area contributed by atoms with Crippen LogP contribution in [-0.4, -0.2) is 114 Å². The molecule has 0 unspecified atom stereocenters. The van der Waals surface area contributed by atoms with Gasteiger partial charge in [-0.2, -0.15) is 9.97 Å². The number of nitrogens with one attached hydrogen (secondary N) is 1. The van der Waals surface area contributed by atoms with Gasteiger partial charge in [-0.05, 0) is 54.4 Å². The number of nitro groups is 2. The quantitative estimate of drug-likeness (QED) is 0.188. The molecule has 0 aromatic carbocycles. The van der Waals surface area contributed by atoms with E-state index in [2.05, 4.69) is 25.3 Å². The monoisotopic (exact) mass is 716 g/mol. The second kappa shape index (κ2) is 14.7. The molecular formula is C28H41ClN8O12. The zero-order chi connectivity index (χ0) is 36.6. The molecule has 0 radical (unpaired) electrons. The predicted octanol–water partition coefficient (Wildman–Crippen LogP) is 1.72. The number of hydrogen-bond donors (Lipinski definition) is 4. The first-order valence-corrected chi connectivity index (χ1v) is 15.5. The summed E-state index contributed by atoms with van der Waals surface area (Å²) in [6, 6.07) is -0.476. The zero-order valence-electron chi connectivity index (χ0n) is 28.1. The lowest BCUT2D eigenvalue weighted by Gasteiger charge is -2.23. The fraction of sp³-hybridized carbons (Fsp3) is 0.714. The topological polar surface area (TPSA) is 272 Å². The van der Waals surface area contributed by atoms with Crippen LogP contribution in [0.4, 0.5) is 17.2 Å². The van der Waals surface area contributed by atoms with E-state index >= 15 is 0 Å². The lowest BCUT2D eigenvalue weighted by molar-refractivity contribution is -0.386. The smallest absolute Gasteiger partial charge is 0.372 e. The maximum atomic E-state index is 11.4. The molecule has 2 saturated carbocycles. The van der Waals surface area contributed by atoms with Gasteiger partial charge in [-0.15, -0.1) is 0 Å². The number of rotatable bonds is 6. The van der Waals surface area contributed by atoms with Crippen molar-refractivity contribution in [2.45, 2.75) is 115 Å². The Bertz CT molecular complexity index is 1530. The van der Waals surface area contributed by atoms with Gasteiger partial charge in [-0.3, -0.25) is 20.2 Å². The molecule has 4 heterocycles. The summed E-state index contributed by atoms with van der Waals surface area (Å²) < 4.78 is 32.3. The molecule has 4 aliphatic rings. The van der Waals surface area contributed by atoms with Gasteiger partial charge in [0, 0.05) is 6.04 Å². The third-order valence-corrected chi connectivity index (χ3v) is 8.14. The van der Waals surface area contributed by atoms with Gasteiger partial charge in [-0.25, -0.2) is 9.97 Å². The Hall–Kier alpha value is -3.63. The van der Waals surface area contributed by atoms with Crippen LogP contribution < -0.4 is 20.5 Å². The van der Waals surface area contributed by atoms with Crippen LogP contribution >= 0.6 is 11.6 Å². The summed E-state index contributed by atoms with van der Waals surface area (Å²) in [5.74, 6) is -0.950. The van der Waals surface area contributed by atoms with Crippen molar-refractivity contribution in [3.05, 3.63) is 37.0 Å². The minimum absolute atomic E-state index is 0.0375. The molecule has 5 N–H and O–H groups in total. The minimum Gasteiger partial charge on any atom is -0.476 e. The first-order chi connectivity index (χ1) is 22.8. The molecule has 49 heavy (non-hydrogen) atoms. The van der Waals surface area contributed by atoms with E-state index in [1.54, 1.807) is 27.7 Å². The van der Waals surface area contributed by atoms with Crippen LogP contribution in [0, 0.1) is 34.1 Å². The average molecular weight is 717 g/mol. The molecule has 2 saturated heterocycles. The lowest BCUT2D eigenvalue weighted by Crippen LogP contribution is -2.35. The Kier molecular flexibility index (Phi) is 11.4. The van der Waals surface area contributed by atoms with Gasteiger partial charge < -0.3 is 49.7 Å². The summed E-state index contributed by atoms with van der Waals surface area (Å²) in [5, 5.41) is 44.3. The summed E-state index contributed by atoms with van der Waals surface area (Å²) in [6.45, 7) is 10.4. The summed E-state index contributed by atoms with van der Waals surface area (Å²) in [7, 11) is 2.59. The molecule has 272 valence electrons. The number of fused-ring (bicyclic) bond motifs is 2. The number of anilines is 1. The van der Waals surface area contributed by atoms with Crippen molar-refractivity contribution in [3.63, 3.8) is 0 Å². The minimum atomic E-state index is -0.818. The van der Waals surface area contributed by atoms with E-state index in [-0.39, 0.29) is 52.7 Å². The van der Waals surface area contributed by atoms with Gasteiger partial charge in [0.25, 0.3) is 11.8 Å². The van der Waals surface area contributed by atoms with Crippen LogP contribution in [-0.2, 0) is 18.9 Å². The third kappa shape index (κ3) is 8.58. The molecular weight excluding hydrogens is 676 g/mol. The van der Waals surface area contributed by atoms with Gasteiger partial charge in [0.05, 0.1) is 42.3 Å². The van der Waals surface area contributed by atoms with Crippen molar-refractivity contribution in [2.75, 3.05) is 19.5 Å². The number of aliphatic hydroxyl groups is 2. The Morgan fingerprint density at radius 2 is 1.24 bits per heavy atom. The zero-order valence-corrected chi connectivity index (χ0v) is 28.9. The molecule has 20 nitrogen and oxygen atoms in total. The fourth-order valence-corrected chi connectivity index (χ4v) is 6.29. The van der Waals surface area contributed by atoms with Gasteiger partial charge in [0.15, 0.2) is 11.6 Å². The Morgan fingerprint density at radius 3 is 1.76 bits per heavy atom. The van der Waals surface area contributed by atoms with E-state index in [0.717, 1.165) is 0 Å². The summed E-state index contributed by atoms with van der Waals surface area (Å²) in [5.41, 5.74) is 5.01. The SMILES string of the molecule is CC1(C)O[C@@H]2[C@H](O1)[C@@H](O)C[C@H]2N.COc1nc(C)nc(Cl)c1[N+](=O)[O-].COc1nc(C)nc(N[C@@H]2C[C@H](O)[C@H]3OC(C)(C)O[C@H]32)c1[N+](=O)[O-]. The highest BCUT2D eigenvalue weighted by Crippen LogP contribution is 2.41. The van der Waals surface area contributed by atoms with Gasteiger partial charge in [-0.1, -0.05) is 11.6 Å². The molecule has 2 aliphatic carbocycles. The molecule has 8 atom stereocenters. The Balaban J connectivity index is 0.000000182. The number of nitrogens with zero attached hydrogens (tertiary/aromatic N) is 6. The van der Waals surface area contributed by atoms with Crippen molar-refractivity contribution in [2.24, 2.45) is 5.73 Å². The van der Waals surface area contributed by atoms with Crippen LogP contribution in [0.2, 0.25) is 5.15 Å². The van der Waals surface area contributed by atoms with Gasteiger partial charge >= 0.3 is 11.4 Å². The molecule has 0 spiro atoms. The van der Waals surface area contributed by atoms with Gasteiger partial charge in [0.2, 0.25) is 11.0 Å². The largest absolute Gasteiger partial charge is 0.476 e. The normalized spacial score (nSPS) is 30.2. The molecule has 6 rings (SSSR count). The van der Waals surface area contributed by atoms with Crippen LogP contribution in [0.15, 0.2) is 0 Å². The van der Waals surface area contributed by atoms with E-state index in [4.69, 9.17) is 45.8 Å². The third-order valence-electron chi connectivity index (χ3n) is 7.87. The van der Waals surface area contributed by atoms with E-state index in [1.165, 1.54) is 14.2 Å². The molecule has 4 fully saturated rings. The van der Waals surface area contributed by atoms with E-state index in [9.17, 15) is 30.4 Å². The number of nitrogens with two attached hydrogens (primary N) is 1. The van der Waals surface area contributed by atoms with Crippen molar-refractivity contribution < 1.29 is 48.5 Å². The second-order valence-corrected chi connectivity index (χ2v) is 12.9. The second-order valence-electron chi connectivity index (χ2n) is 12.6.